The molecule has 4 unspecified atom stereocenters. The summed E-state index contributed by atoms with van der Waals surface area (Å²) < 4.78 is 11.3. The van der Waals surface area contributed by atoms with Crippen LogP contribution in [0.1, 0.15) is 42.5 Å². The third-order valence-corrected chi connectivity index (χ3v) is 5.95. The summed E-state index contributed by atoms with van der Waals surface area (Å²) in [6.07, 6.45) is 5.14. The predicted octanol–water partition coefficient (Wildman–Crippen LogP) is 2.57. The number of carboxylic acid groups (broad SMARTS) is 1. The second kappa shape index (κ2) is 7.27. The van der Waals surface area contributed by atoms with Gasteiger partial charge in [-0.2, -0.15) is 0 Å². The fourth-order valence-corrected chi connectivity index (χ4v) is 4.68. The van der Waals surface area contributed by atoms with E-state index in [1.165, 1.54) is 0 Å². The van der Waals surface area contributed by atoms with Gasteiger partial charge in [0, 0.05) is 18.7 Å². The molecule has 1 amide bonds. The Hall–Kier alpha value is -2.08. The zero-order valence-electron chi connectivity index (χ0n) is 14.8. The summed E-state index contributed by atoms with van der Waals surface area (Å²) in [6.45, 7) is 1.80. The van der Waals surface area contributed by atoms with Crippen LogP contribution in [-0.4, -0.2) is 53.8 Å². The lowest BCUT2D eigenvalue weighted by Crippen LogP contribution is -2.43. The van der Waals surface area contributed by atoms with Crippen molar-refractivity contribution in [3.05, 3.63) is 29.8 Å². The van der Waals surface area contributed by atoms with Gasteiger partial charge >= 0.3 is 5.97 Å². The summed E-state index contributed by atoms with van der Waals surface area (Å²) in [6, 6.07) is 6.34. The predicted molar refractivity (Wildman–Crippen MR) is 94.2 cm³/mol. The van der Waals surface area contributed by atoms with Crippen LogP contribution in [0.3, 0.4) is 0 Å². The Morgan fingerprint density at radius 2 is 2.12 bits per heavy atom. The molecule has 1 aromatic carbocycles. The van der Waals surface area contributed by atoms with E-state index in [2.05, 4.69) is 0 Å². The maximum absolute atomic E-state index is 13.0. The highest BCUT2D eigenvalue weighted by Crippen LogP contribution is 2.42. The monoisotopic (exact) mass is 359 g/mol. The van der Waals surface area contributed by atoms with Crippen LogP contribution in [0.5, 0.6) is 5.75 Å². The number of carboxylic acids is 1. The molecule has 0 spiro atoms. The first-order valence-corrected chi connectivity index (χ1v) is 9.52. The van der Waals surface area contributed by atoms with E-state index in [0.29, 0.717) is 30.4 Å². The SMILES string of the molecule is O=C(O)C1C2CCCC2CN1C(=O)c1cccc(OCC2CCCO2)c1. The van der Waals surface area contributed by atoms with Crippen molar-refractivity contribution in [3.8, 4) is 5.75 Å². The second-order valence-corrected chi connectivity index (χ2v) is 7.57. The van der Waals surface area contributed by atoms with Gasteiger partial charge in [0.05, 0.1) is 6.10 Å². The number of hydrogen-bond donors (Lipinski definition) is 1. The van der Waals surface area contributed by atoms with E-state index in [1.807, 2.05) is 6.07 Å². The lowest BCUT2D eigenvalue weighted by Gasteiger charge is -2.24. The number of likely N-dealkylation sites (tertiary alicyclic amines) is 1. The molecule has 3 aliphatic rings. The molecule has 1 aromatic rings. The van der Waals surface area contributed by atoms with Crippen LogP contribution < -0.4 is 4.74 Å². The van der Waals surface area contributed by atoms with Crippen LogP contribution in [0.15, 0.2) is 24.3 Å². The fraction of sp³-hybridized carbons (Fsp3) is 0.600. The Morgan fingerprint density at radius 1 is 1.23 bits per heavy atom. The molecule has 0 radical (unpaired) electrons. The minimum Gasteiger partial charge on any atom is -0.491 e. The summed E-state index contributed by atoms with van der Waals surface area (Å²) in [4.78, 5) is 26.3. The number of benzene rings is 1. The summed E-state index contributed by atoms with van der Waals surface area (Å²) in [5.74, 6) is -0.0695. The minimum absolute atomic E-state index is 0.0930. The summed E-state index contributed by atoms with van der Waals surface area (Å²) in [5, 5.41) is 9.65. The van der Waals surface area contributed by atoms with Gasteiger partial charge in [0.25, 0.3) is 5.91 Å². The van der Waals surface area contributed by atoms with E-state index in [0.717, 1.165) is 38.7 Å². The highest BCUT2D eigenvalue weighted by atomic mass is 16.5. The van der Waals surface area contributed by atoms with Crippen molar-refractivity contribution >= 4 is 11.9 Å². The van der Waals surface area contributed by atoms with E-state index in [1.54, 1.807) is 23.1 Å². The number of aliphatic carboxylic acids is 1. The molecule has 1 aliphatic carbocycles. The lowest BCUT2D eigenvalue weighted by molar-refractivity contribution is -0.142. The Balaban J connectivity index is 1.47. The molecule has 1 N–H and O–H groups in total. The first-order chi connectivity index (χ1) is 12.6. The molecule has 26 heavy (non-hydrogen) atoms. The molecule has 0 aromatic heterocycles. The van der Waals surface area contributed by atoms with Gasteiger partial charge in [0.15, 0.2) is 0 Å². The van der Waals surface area contributed by atoms with Gasteiger partial charge in [-0.15, -0.1) is 0 Å². The molecular weight excluding hydrogens is 334 g/mol. The van der Waals surface area contributed by atoms with Crippen LogP contribution in [0, 0.1) is 11.8 Å². The van der Waals surface area contributed by atoms with E-state index in [-0.39, 0.29) is 17.9 Å². The van der Waals surface area contributed by atoms with Gasteiger partial charge in [-0.1, -0.05) is 12.5 Å². The molecule has 140 valence electrons. The number of fused-ring (bicyclic) bond motifs is 1. The second-order valence-electron chi connectivity index (χ2n) is 7.57. The van der Waals surface area contributed by atoms with Crippen LogP contribution in [-0.2, 0) is 9.53 Å². The maximum Gasteiger partial charge on any atom is 0.326 e. The van der Waals surface area contributed by atoms with Crippen molar-refractivity contribution < 1.29 is 24.2 Å². The molecule has 2 heterocycles. The largest absolute Gasteiger partial charge is 0.491 e. The van der Waals surface area contributed by atoms with Crippen LogP contribution >= 0.6 is 0 Å². The molecule has 4 rings (SSSR count). The van der Waals surface area contributed by atoms with Gasteiger partial charge in [0.2, 0.25) is 0 Å². The quantitative estimate of drug-likeness (QED) is 0.874. The highest BCUT2D eigenvalue weighted by Gasteiger charge is 2.49. The molecular formula is C20H25NO5. The van der Waals surface area contributed by atoms with E-state index < -0.39 is 12.0 Å². The van der Waals surface area contributed by atoms with Crippen molar-refractivity contribution in [2.24, 2.45) is 11.8 Å². The Bertz CT molecular complexity index is 685. The van der Waals surface area contributed by atoms with Crippen molar-refractivity contribution in [1.82, 2.24) is 4.90 Å². The minimum atomic E-state index is -0.890. The first-order valence-electron chi connectivity index (χ1n) is 9.52. The number of rotatable bonds is 5. The molecule has 3 fully saturated rings. The van der Waals surface area contributed by atoms with Crippen molar-refractivity contribution in [3.63, 3.8) is 0 Å². The summed E-state index contributed by atoms with van der Waals surface area (Å²) in [5.41, 5.74) is 0.487. The number of carbonyl (C=O) groups is 2. The molecule has 2 saturated heterocycles. The number of hydrogen-bond acceptors (Lipinski definition) is 4. The number of ether oxygens (including phenoxy) is 2. The summed E-state index contributed by atoms with van der Waals surface area (Å²) >= 11 is 0. The normalized spacial score (nSPS) is 30.4. The third kappa shape index (κ3) is 3.30. The fourth-order valence-electron chi connectivity index (χ4n) is 4.68. The average Bonchev–Trinajstić information content (AvgIpc) is 3.35. The topological polar surface area (TPSA) is 76.1 Å². The van der Waals surface area contributed by atoms with E-state index >= 15 is 0 Å². The molecule has 4 atom stereocenters. The van der Waals surface area contributed by atoms with Gasteiger partial charge in [-0.05, 0) is 55.7 Å². The van der Waals surface area contributed by atoms with Gasteiger partial charge < -0.3 is 19.5 Å². The Morgan fingerprint density at radius 3 is 2.88 bits per heavy atom. The average molecular weight is 359 g/mol. The zero-order valence-corrected chi connectivity index (χ0v) is 14.8. The molecule has 2 aliphatic heterocycles. The van der Waals surface area contributed by atoms with E-state index in [4.69, 9.17) is 9.47 Å². The third-order valence-electron chi connectivity index (χ3n) is 5.95. The molecule has 6 heteroatoms. The standard InChI is InChI=1S/C20H25NO5/c22-19(21-11-14-5-2-8-17(14)18(21)20(23)24)13-4-1-6-15(10-13)26-12-16-7-3-9-25-16/h1,4,6,10,14,16-18H,2-3,5,7-9,11-12H2,(H,23,24). The van der Waals surface area contributed by atoms with Crippen LogP contribution in [0.4, 0.5) is 0 Å². The number of nitrogens with zero attached hydrogens (tertiary/aromatic N) is 1. The zero-order chi connectivity index (χ0) is 18.1. The highest BCUT2D eigenvalue weighted by molar-refractivity contribution is 5.97. The van der Waals surface area contributed by atoms with Crippen LogP contribution in [0.2, 0.25) is 0 Å². The Kier molecular flexibility index (Phi) is 4.85. The van der Waals surface area contributed by atoms with Crippen molar-refractivity contribution in [2.45, 2.75) is 44.2 Å². The number of amides is 1. The van der Waals surface area contributed by atoms with Crippen molar-refractivity contribution in [1.29, 1.82) is 0 Å². The first kappa shape index (κ1) is 17.3. The van der Waals surface area contributed by atoms with Crippen LogP contribution in [0.25, 0.3) is 0 Å². The smallest absolute Gasteiger partial charge is 0.326 e. The van der Waals surface area contributed by atoms with Crippen molar-refractivity contribution in [2.75, 3.05) is 19.8 Å². The molecule has 1 saturated carbocycles. The summed E-state index contributed by atoms with van der Waals surface area (Å²) in [7, 11) is 0. The van der Waals surface area contributed by atoms with Gasteiger partial charge in [-0.25, -0.2) is 4.79 Å². The number of carbonyl (C=O) groups excluding carboxylic acids is 1. The maximum atomic E-state index is 13.0. The lowest BCUT2D eigenvalue weighted by atomic mass is 9.94. The van der Waals surface area contributed by atoms with E-state index in [9.17, 15) is 14.7 Å². The van der Waals surface area contributed by atoms with Gasteiger partial charge in [0.1, 0.15) is 18.4 Å². The Labute approximate surface area is 153 Å². The van der Waals surface area contributed by atoms with Gasteiger partial charge in [-0.3, -0.25) is 4.79 Å². The molecule has 6 nitrogen and oxygen atoms in total. The molecule has 0 bridgehead atoms.